The molecule has 0 aliphatic carbocycles. The van der Waals surface area contributed by atoms with Crippen LogP contribution in [0.5, 0.6) is 0 Å². The van der Waals surface area contributed by atoms with Gasteiger partial charge in [0.25, 0.3) is 0 Å². The number of nitrogens with zero attached hydrogens (tertiary/aromatic N) is 2. The maximum Gasteiger partial charge on any atom is 0.318 e. The zero-order valence-corrected chi connectivity index (χ0v) is 19.9. The third-order valence-corrected chi connectivity index (χ3v) is 5.33. The van der Waals surface area contributed by atoms with Crippen molar-refractivity contribution in [3.63, 3.8) is 0 Å². The number of ether oxygens (including phenoxy) is 1. The fourth-order valence-electron chi connectivity index (χ4n) is 3.72. The lowest BCUT2D eigenvalue weighted by Gasteiger charge is -2.31. The van der Waals surface area contributed by atoms with Gasteiger partial charge in [0, 0.05) is 25.2 Å². The minimum absolute atomic E-state index is 0.0817. The summed E-state index contributed by atoms with van der Waals surface area (Å²) < 4.78 is 24.8. The Hall–Kier alpha value is -2.87. The number of carbonyl (C=O) groups is 2. The normalized spacial score (nSPS) is 16.0. The molecule has 1 aliphatic heterocycles. The highest BCUT2D eigenvalue weighted by Gasteiger charge is 2.28. The van der Waals surface area contributed by atoms with Crippen molar-refractivity contribution in [2.75, 3.05) is 19.7 Å². The smallest absolute Gasteiger partial charge is 0.318 e. The highest BCUT2D eigenvalue weighted by molar-refractivity contribution is 5.84. The first-order valence-corrected chi connectivity index (χ1v) is 11.4. The predicted octanol–water partition coefficient (Wildman–Crippen LogP) is 4.25. The van der Waals surface area contributed by atoms with Gasteiger partial charge in [0.1, 0.15) is 23.9 Å². The Balaban J connectivity index is 1.77. The molecule has 0 radical (unpaired) electrons. The van der Waals surface area contributed by atoms with E-state index in [4.69, 9.17) is 9.15 Å². The average molecular weight is 460 g/mol. The zero-order valence-electron chi connectivity index (χ0n) is 19.9. The number of rotatable bonds is 8. The van der Waals surface area contributed by atoms with Gasteiger partial charge in [0.05, 0.1) is 12.6 Å². The third-order valence-electron chi connectivity index (χ3n) is 5.33. The van der Waals surface area contributed by atoms with Crippen molar-refractivity contribution < 1.29 is 23.1 Å². The molecule has 2 heterocycles. The van der Waals surface area contributed by atoms with Gasteiger partial charge in [-0.05, 0) is 70.4 Å². The number of nitrogens with one attached hydrogen (secondary N) is 1. The van der Waals surface area contributed by atoms with E-state index in [0.717, 1.165) is 24.2 Å². The number of aryl methyl sites for hydroxylation is 1. The lowest BCUT2D eigenvalue weighted by atomic mass is 10.1. The van der Waals surface area contributed by atoms with Gasteiger partial charge in [-0.15, -0.1) is 0 Å². The molecule has 1 aliphatic rings. The molecule has 3 amide bonds. The molecule has 2 aromatic rings. The topological polar surface area (TPSA) is 75.0 Å². The van der Waals surface area contributed by atoms with Crippen LogP contribution in [0.25, 0.3) is 0 Å². The van der Waals surface area contributed by atoms with E-state index in [-0.39, 0.29) is 43.5 Å². The van der Waals surface area contributed by atoms with Crippen LogP contribution in [0.3, 0.4) is 0 Å². The summed E-state index contributed by atoms with van der Waals surface area (Å²) in [4.78, 5) is 29.6. The SMILES string of the molecule is Cc1ccc(CN(Cc2ccc(F)cc2)C(=O)CN(CC2CCCO2)C(=O)NC(C)(C)C)o1. The van der Waals surface area contributed by atoms with E-state index in [1.165, 1.54) is 17.0 Å². The van der Waals surface area contributed by atoms with Crippen LogP contribution < -0.4 is 5.32 Å². The van der Waals surface area contributed by atoms with Crippen LogP contribution in [-0.2, 0) is 22.6 Å². The fraction of sp³-hybridized carbons (Fsp3) is 0.520. The van der Waals surface area contributed by atoms with Gasteiger partial charge >= 0.3 is 6.03 Å². The first kappa shape index (κ1) is 24.8. The summed E-state index contributed by atoms with van der Waals surface area (Å²) in [6.07, 6.45) is 1.72. The van der Waals surface area contributed by atoms with Crippen LogP contribution >= 0.6 is 0 Å². The molecule has 0 bridgehead atoms. The molecule has 33 heavy (non-hydrogen) atoms. The fourth-order valence-corrected chi connectivity index (χ4v) is 3.72. The molecule has 1 unspecified atom stereocenters. The van der Waals surface area contributed by atoms with Crippen LogP contribution in [0.15, 0.2) is 40.8 Å². The second kappa shape index (κ2) is 10.8. The quantitative estimate of drug-likeness (QED) is 0.641. The van der Waals surface area contributed by atoms with E-state index in [0.29, 0.717) is 18.9 Å². The van der Waals surface area contributed by atoms with Crippen LogP contribution in [0.2, 0.25) is 0 Å². The van der Waals surface area contributed by atoms with Crippen LogP contribution in [-0.4, -0.2) is 53.1 Å². The molecule has 1 saturated heterocycles. The maximum absolute atomic E-state index is 13.4. The highest BCUT2D eigenvalue weighted by atomic mass is 19.1. The summed E-state index contributed by atoms with van der Waals surface area (Å²) in [5.74, 6) is 0.840. The molecule has 180 valence electrons. The molecule has 1 N–H and O–H groups in total. The van der Waals surface area contributed by atoms with Crippen molar-refractivity contribution in [3.8, 4) is 0 Å². The van der Waals surface area contributed by atoms with Crippen molar-refractivity contribution in [1.82, 2.24) is 15.1 Å². The third kappa shape index (κ3) is 7.89. The molecule has 0 spiro atoms. The minimum Gasteiger partial charge on any atom is -0.464 e. The highest BCUT2D eigenvalue weighted by Crippen LogP contribution is 2.17. The molecule has 0 saturated carbocycles. The molecule has 1 aromatic carbocycles. The molecule has 3 rings (SSSR count). The van der Waals surface area contributed by atoms with Crippen molar-refractivity contribution in [3.05, 3.63) is 59.3 Å². The number of urea groups is 1. The van der Waals surface area contributed by atoms with Crippen LogP contribution in [0, 0.1) is 12.7 Å². The monoisotopic (exact) mass is 459 g/mol. The second-order valence-electron chi connectivity index (χ2n) is 9.58. The van der Waals surface area contributed by atoms with E-state index < -0.39 is 5.54 Å². The predicted molar refractivity (Wildman–Crippen MR) is 123 cm³/mol. The zero-order chi connectivity index (χ0) is 24.0. The summed E-state index contributed by atoms with van der Waals surface area (Å²) in [6, 6.07) is 9.42. The molecule has 1 atom stereocenters. The lowest BCUT2D eigenvalue weighted by Crippen LogP contribution is -2.53. The maximum atomic E-state index is 13.4. The molecular formula is C25H34FN3O4. The number of amides is 3. The van der Waals surface area contributed by atoms with Crippen LogP contribution in [0.4, 0.5) is 9.18 Å². The van der Waals surface area contributed by atoms with Gasteiger partial charge in [-0.2, -0.15) is 0 Å². The Bertz CT molecular complexity index is 930. The molecule has 1 aromatic heterocycles. The Morgan fingerprint density at radius 2 is 1.82 bits per heavy atom. The number of hydrogen-bond acceptors (Lipinski definition) is 4. The number of furan rings is 1. The number of halogens is 1. The Kier molecular flexibility index (Phi) is 8.13. The van der Waals surface area contributed by atoms with Gasteiger partial charge in [0.2, 0.25) is 5.91 Å². The number of benzene rings is 1. The van der Waals surface area contributed by atoms with E-state index in [2.05, 4.69) is 5.32 Å². The van der Waals surface area contributed by atoms with E-state index in [1.807, 2.05) is 39.8 Å². The second-order valence-corrected chi connectivity index (χ2v) is 9.58. The number of carbonyl (C=O) groups excluding carboxylic acids is 2. The van der Waals surface area contributed by atoms with Gasteiger partial charge in [-0.25, -0.2) is 9.18 Å². The van der Waals surface area contributed by atoms with E-state index in [9.17, 15) is 14.0 Å². The Morgan fingerprint density at radius 1 is 1.09 bits per heavy atom. The summed E-state index contributed by atoms with van der Waals surface area (Å²) in [6.45, 7) is 8.98. The van der Waals surface area contributed by atoms with Gasteiger partial charge in [-0.3, -0.25) is 4.79 Å². The molecule has 8 heteroatoms. The molecule has 1 fully saturated rings. The minimum atomic E-state index is -0.436. The standard InChI is InChI=1S/C25H34FN3O4/c1-18-7-12-22(33-18)16-28(14-19-8-10-20(26)11-9-19)23(30)17-29(15-21-6-5-13-32-21)24(31)27-25(2,3)4/h7-12,21H,5-6,13-17H2,1-4H3,(H,27,31). The summed E-state index contributed by atoms with van der Waals surface area (Å²) in [7, 11) is 0. The first-order chi connectivity index (χ1) is 15.6. The summed E-state index contributed by atoms with van der Waals surface area (Å²) in [5.41, 5.74) is 0.354. The van der Waals surface area contributed by atoms with Gasteiger partial charge < -0.3 is 24.3 Å². The van der Waals surface area contributed by atoms with E-state index in [1.54, 1.807) is 17.0 Å². The van der Waals surface area contributed by atoms with Crippen molar-refractivity contribution in [1.29, 1.82) is 0 Å². The number of hydrogen-bond donors (Lipinski definition) is 1. The van der Waals surface area contributed by atoms with Gasteiger partial charge in [-0.1, -0.05) is 12.1 Å². The van der Waals surface area contributed by atoms with Crippen molar-refractivity contribution >= 4 is 11.9 Å². The average Bonchev–Trinajstić information content (AvgIpc) is 3.39. The first-order valence-electron chi connectivity index (χ1n) is 11.4. The summed E-state index contributed by atoms with van der Waals surface area (Å²) >= 11 is 0. The van der Waals surface area contributed by atoms with Crippen molar-refractivity contribution in [2.24, 2.45) is 0 Å². The largest absolute Gasteiger partial charge is 0.464 e. The Labute approximate surface area is 194 Å². The Morgan fingerprint density at radius 3 is 2.39 bits per heavy atom. The van der Waals surface area contributed by atoms with Gasteiger partial charge in [0.15, 0.2) is 0 Å². The van der Waals surface area contributed by atoms with Crippen LogP contribution in [0.1, 0.15) is 50.7 Å². The summed E-state index contributed by atoms with van der Waals surface area (Å²) in [5, 5.41) is 2.95. The lowest BCUT2D eigenvalue weighted by molar-refractivity contribution is -0.133. The molecular weight excluding hydrogens is 425 g/mol. The van der Waals surface area contributed by atoms with E-state index >= 15 is 0 Å². The molecule has 7 nitrogen and oxygen atoms in total. The van der Waals surface area contributed by atoms with Crippen molar-refractivity contribution in [2.45, 2.75) is 65.3 Å².